The summed E-state index contributed by atoms with van der Waals surface area (Å²) < 4.78 is 1.92. The summed E-state index contributed by atoms with van der Waals surface area (Å²) >= 11 is 0. The number of likely N-dealkylation sites (tertiary alicyclic amines) is 1. The van der Waals surface area contributed by atoms with Gasteiger partial charge in [-0.05, 0) is 76.1 Å². The molecule has 3 fully saturated rings. The highest BCUT2D eigenvalue weighted by atomic mass is 16.3. The summed E-state index contributed by atoms with van der Waals surface area (Å²) in [6, 6.07) is 6.56. The number of nitrogens with zero attached hydrogens (tertiary/aromatic N) is 4. The summed E-state index contributed by atoms with van der Waals surface area (Å²) in [6.07, 6.45) is 7.18. The van der Waals surface area contributed by atoms with Gasteiger partial charge in [-0.1, -0.05) is 32.6 Å². The quantitative estimate of drug-likeness (QED) is 0.411. The van der Waals surface area contributed by atoms with Crippen LogP contribution in [0.2, 0.25) is 0 Å². The van der Waals surface area contributed by atoms with E-state index in [0.29, 0.717) is 44.6 Å². The van der Waals surface area contributed by atoms with Gasteiger partial charge >= 0.3 is 0 Å². The van der Waals surface area contributed by atoms with Crippen LogP contribution in [0.25, 0.3) is 5.69 Å². The van der Waals surface area contributed by atoms with Crippen LogP contribution >= 0.6 is 0 Å². The molecule has 3 heterocycles. The van der Waals surface area contributed by atoms with Crippen LogP contribution in [0.1, 0.15) is 92.0 Å². The van der Waals surface area contributed by atoms with Gasteiger partial charge in [0, 0.05) is 50.0 Å². The zero-order valence-electron chi connectivity index (χ0n) is 26.2. The molecule has 0 radical (unpaired) electrons. The number of piperazine rings is 1. The summed E-state index contributed by atoms with van der Waals surface area (Å²) in [5.74, 6) is -0.285. The summed E-state index contributed by atoms with van der Waals surface area (Å²) in [6.45, 7) is 8.79. The normalized spacial score (nSPS) is 22.1. The van der Waals surface area contributed by atoms with Gasteiger partial charge in [-0.3, -0.25) is 19.3 Å². The van der Waals surface area contributed by atoms with E-state index in [9.17, 15) is 19.5 Å². The molecule has 3 N–H and O–H groups in total. The van der Waals surface area contributed by atoms with Gasteiger partial charge in [0.05, 0.1) is 17.5 Å². The van der Waals surface area contributed by atoms with Crippen molar-refractivity contribution >= 4 is 17.7 Å². The lowest BCUT2D eigenvalue weighted by atomic mass is 9.78. The second kappa shape index (κ2) is 13.2. The molecule has 2 aromatic rings. The van der Waals surface area contributed by atoms with Crippen molar-refractivity contribution in [1.82, 2.24) is 30.2 Å². The second-order valence-corrected chi connectivity index (χ2v) is 12.7. The summed E-state index contributed by atoms with van der Waals surface area (Å²) in [5.41, 5.74) is 3.76. The van der Waals surface area contributed by atoms with Crippen LogP contribution < -0.4 is 10.6 Å². The number of amides is 3. The minimum absolute atomic E-state index is 0.0631. The molecule has 3 amide bonds. The van der Waals surface area contributed by atoms with Gasteiger partial charge < -0.3 is 20.6 Å². The third-order valence-corrected chi connectivity index (χ3v) is 10.1. The number of nitrogens with one attached hydrogen (secondary N) is 2. The SMILES string of the molecule is CCCCN1C(=O)[C@@H](C(O)C2CCCCC2)NC(=O)C12CCN(Cc1c(C)nn(-c3ccc(C(=O)NC)cc3)c1C)CC2. The largest absolute Gasteiger partial charge is 0.390 e. The Morgan fingerprint density at radius 2 is 1.79 bits per heavy atom. The molecule has 1 aromatic heterocycles. The predicted molar refractivity (Wildman–Crippen MR) is 165 cm³/mol. The van der Waals surface area contributed by atoms with Crippen molar-refractivity contribution < 1.29 is 19.5 Å². The molecule has 5 rings (SSSR count). The number of unbranched alkanes of at least 4 members (excludes halogenated alkanes) is 1. The lowest BCUT2D eigenvalue weighted by Gasteiger charge is -2.52. The van der Waals surface area contributed by atoms with Gasteiger partial charge in [0.15, 0.2) is 0 Å². The number of carbonyl (C=O) groups is 3. The Labute approximate surface area is 255 Å². The smallest absolute Gasteiger partial charge is 0.251 e. The molecule has 0 bridgehead atoms. The standard InChI is InChI=1S/C33H48N6O4/c1-5-6-18-38-31(42)28(29(40)24-10-8-7-9-11-24)35-32(43)33(38)16-19-37(20-17-33)21-27-22(2)36-39(23(27)3)26-14-12-25(13-15-26)30(41)34-4/h12-15,24,28-29,40H,5-11,16-21H2,1-4H3,(H,34,41)(H,35,43)/t28-,29?/m1/s1. The van der Waals surface area contributed by atoms with E-state index in [4.69, 9.17) is 5.10 Å². The molecule has 1 saturated carbocycles. The van der Waals surface area contributed by atoms with Gasteiger partial charge in [-0.25, -0.2) is 4.68 Å². The number of aliphatic hydroxyl groups is 1. The highest BCUT2D eigenvalue weighted by Gasteiger charge is 2.55. The number of benzene rings is 1. The van der Waals surface area contributed by atoms with Crippen molar-refractivity contribution in [2.75, 3.05) is 26.7 Å². The monoisotopic (exact) mass is 592 g/mol. The number of aryl methyl sites for hydroxylation is 1. The molecule has 2 aliphatic heterocycles. The van der Waals surface area contributed by atoms with Gasteiger partial charge in [0.25, 0.3) is 5.91 Å². The van der Waals surface area contributed by atoms with E-state index in [1.54, 1.807) is 19.2 Å². The fourth-order valence-electron chi connectivity index (χ4n) is 7.31. The molecule has 1 unspecified atom stereocenters. The van der Waals surface area contributed by atoms with E-state index in [2.05, 4.69) is 29.4 Å². The average Bonchev–Trinajstić information content (AvgIpc) is 3.31. The van der Waals surface area contributed by atoms with Crippen molar-refractivity contribution in [2.24, 2.45) is 5.92 Å². The minimum atomic E-state index is -0.869. The molecular formula is C33H48N6O4. The topological polar surface area (TPSA) is 120 Å². The lowest BCUT2D eigenvalue weighted by molar-refractivity contribution is -0.166. The molecule has 43 heavy (non-hydrogen) atoms. The van der Waals surface area contributed by atoms with E-state index in [-0.39, 0.29) is 23.6 Å². The highest BCUT2D eigenvalue weighted by Crippen LogP contribution is 2.37. The van der Waals surface area contributed by atoms with Crippen LogP contribution in [0, 0.1) is 19.8 Å². The van der Waals surface area contributed by atoms with E-state index >= 15 is 0 Å². The van der Waals surface area contributed by atoms with Crippen molar-refractivity contribution in [3.05, 3.63) is 46.8 Å². The van der Waals surface area contributed by atoms with E-state index < -0.39 is 17.7 Å². The Morgan fingerprint density at radius 3 is 2.42 bits per heavy atom. The van der Waals surface area contributed by atoms with Gasteiger partial charge in [-0.2, -0.15) is 5.10 Å². The number of aliphatic hydroxyl groups excluding tert-OH is 1. The molecule has 2 atom stereocenters. The van der Waals surface area contributed by atoms with E-state index in [0.717, 1.165) is 61.2 Å². The van der Waals surface area contributed by atoms with E-state index in [1.165, 1.54) is 6.42 Å². The Kier molecular flexibility index (Phi) is 9.56. The van der Waals surface area contributed by atoms with Gasteiger partial charge in [-0.15, -0.1) is 0 Å². The Morgan fingerprint density at radius 1 is 1.12 bits per heavy atom. The molecule has 10 nitrogen and oxygen atoms in total. The summed E-state index contributed by atoms with van der Waals surface area (Å²) in [5, 5.41) is 21.7. The molecular weight excluding hydrogens is 544 g/mol. The maximum absolute atomic E-state index is 13.9. The number of carbonyl (C=O) groups excluding carboxylic acids is 3. The molecule has 3 aliphatic rings. The number of hydrogen-bond acceptors (Lipinski definition) is 6. The van der Waals surface area contributed by atoms with Crippen molar-refractivity contribution in [3.8, 4) is 5.69 Å². The van der Waals surface area contributed by atoms with Crippen LogP contribution in [0.3, 0.4) is 0 Å². The number of aromatic nitrogens is 2. The molecule has 1 aromatic carbocycles. The molecule has 1 aliphatic carbocycles. The molecule has 10 heteroatoms. The van der Waals surface area contributed by atoms with Gasteiger partial charge in [0.2, 0.25) is 11.8 Å². The van der Waals surface area contributed by atoms with E-state index in [1.807, 2.05) is 28.6 Å². The minimum Gasteiger partial charge on any atom is -0.390 e. The van der Waals surface area contributed by atoms with Crippen molar-refractivity contribution in [3.63, 3.8) is 0 Å². The molecule has 1 spiro atoms. The molecule has 234 valence electrons. The first kappa shape index (κ1) is 31.2. The fourth-order valence-corrected chi connectivity index (χ4v) is 7.31. The Balaban J connectivity index is 1.29. The van der Waals surface area contributed by atoms with Crippen LogP contribution in [-0.2, 0) is 16.1 Å². The first-order chi connectivity index (χ1) is 20.7. The summed E-state index contributed by atoms with van der Waals surface area (Å²) in [7, 11) is 1.62. The Hall–Kier alpha value is -3.24. The second-order valence-electron chi connectivity index (χ2n) is 12.7. The predicted octanol–water partition coefficient (Wildman–Crippen LogP) is 3.25. The lowest BCUT2D eigenvalue weighted by Crippen LogP contribution is -2.75. The van der Waals surface area contributed by atoms with Crippen molar-refractivity contribution in [1.29, 1.82) is 0 Å². The maximum Gasteiger partial charge on any atom is 0.251 e. The first-order valence-corrected chi connectivity index (χ1v) is 16.1. The van der Waals surface area contributed by atoms with Crippen molar-refractivity contribution in [2.45, 2.75) is 103 Å². The average molecular weight is 593 g/mol. The number of hydrogen-bond donors (Lipinski definition) is 3. The maximum atomic E-state index is 13.9. The zero-order valence-corrected chi connectivity index (χ0v) is 26.2. The fraction of sp³-hybridized carbons (Fsp3) is 0.636. The van der Waals surface area contributed by atoms with Crippen LogP contribution in [0.4, 0.5) is 0 Å². The third kappa shape index (κ3) is 6.09. The third-order valence-electron chi connectivity index (χ3n) is 10.1. The number of piperidine rings is 1. The highest BCUT2D eigenvalue weighted by molar-refractivity contribution is 6.00. The first-order valence-electron chi connectivity index (χ1n) is 16.1. The van der Waals surface area contributed by atoms with Crippen LogP contribution in [0.5, 0.6) is 0 Å². The zero-order chi connectivity index (χ0) is 30.7. The summed E-state index contributed by atoms with van der Waals surface area (Å²) in [4.78, 5) is 43.9. The Bertz CT molecular complexity index is 1310. The molecule has 2 saturated heterocycles. The van der Waals surface area contributed by atoms with Gasteiger partial charge in [0.1, 0.15) is 11.6 Å². The number of rotatable bonds is 9. The van der Waals surface area contributed by atoms with Crippen LogP contribution in [-0.4, -0.2) is 86.8 Å². The van der Waals surface area contributed by atoms with Crippen LogP contribution in [0.15, 0.2) is 24.3 Å².